The van der Waals surface area contributed by atoms with Gasteiger partial charge in [-0.1, -0.05) is 72.8 Å². The lowest BCUT2D eigenvalue weighted by atomic mass is 9.84. The number of hydrogen-bond donors (Lipinski definition) is 0. The molecule has 0 aromatic heterocycles. The highest BCUT2D eigenvalue weighted by molar-refractivity contribution is 6.22. The number of methoxy groups -OCH3 is 4. The van der Waals surface area contributed by atoms with Gasteiger partial charge in [0.05, 0.1) is 28.4 Å². The summed E-state index contributed by atoms with van der Waals surface area (Å²) in [5.74, 6) is 3.33. The van der Waals surface area contributed by atoms with Gasteiger partial charge < -0.3 is 18.9 Å². The van der Waals surface area contributed by atoms with E-state index < -0.39 is 0 Å². The van der Waals surface area contributed by atoms with E-state index in [1.165, 1.54) is 32.7 Å². The first-order chi connectivity index (χ1) is 22.6. The summed E-state index contributed by atoms with van der Waals surface area (Å²) in [6.07, 6.45) is 0. The molecule has 0 unspecified atom stereocenters. The van der Waals surface area contributed by atoms with E-state index >= 15 is 0 Å². The van der Waals surface area contributed by atoms with E-state index in [1.54, 1.807) is 28.4 Å². The summed E-state index contributed by atoms with van der Waals surface area (Å²) in [6.45, 7) is 0. The zero-order chi connectivity index (χ0) is 31.6. The Labute approximate surface area is 269 Å². The van der Waals surface area contributed by atoms with Crippen molar-refractivity contribution in [2.24, 2.45) is 0 Å². The average Bonchev–Trinajstić information content (AvgIpc) is 3.13. The Morgan fingerprint density at radius 2 is 0.522 bits per heavy atom. The van der Waals surface area contributed by atoms with E-state index in [-0.39, 0.29) is 0 Å². The molecule has 0 saturated heterocycles. The zero-order valence-corrected chi connectivity index (χ0v) is 26.3. The van der Waals surface area contributed by atoms with Crippen LogP contribution in [0.4, 0.5) is 0 Å². The second kappa shape index (κ2) is 12.3. The number of rotatable bonds is 8. The van der Waals surface area contributed by atoms with Crippen molar-refractivity contribution in [1.82, 2.24) is 0 Å². The Morgan fingerprint density at radius 3 is 0.804 bits per heavy atom. The Kier molecular flexibility index (Phi) is 7.78. The fraction of sp³-hybridized carbons (Fsp3) is 0.0952. The fourth-order valence-corrected chi connectivity index (χ4v) is 6.29. The summed E-state index contributed by atoms with van der Waals surface area (Å²) in [6, 6.07) is 46.8. The second-order valence-corrected chi connectivity index (χ2v) is 11.2. The van der Waals surface area contributed by atoms with Gasteiger partial charge in [0.25, 0.3) is 0 Å². The topological polar surface area (TPSA) is 36.9 Å². The summed E-state index contributed by atoms with van der Waals surface area (Å²) < 4.78 is 21.9. The van der Waals surface area contributed by atoms with Crippen molar-refractivity contribution in [2.75, 3.05) is 28.4 Å². The summed E-state index contributed by atoms with van der Waals surface area (Å²) in [7, 11) is 6.78. The van der Waals surface area contributed by atoms with Gasteiger partial charge >= 0.3 is 0 Å². The highest BCUT2D eigenvalue weighted by Crippen LogP contribution is 2.46. The smallest absolute Gasteiger partial charge is 0.118 e. The highest BCUT2D eigenvalue weighted by atomic mass is 16.5. The third kappa shape index (κ3) is 5.28. The first kappa shape index (κ1) is 29.0. The molecule has 0 saturated carbocycles. The zero-order valence-electron chi connectivity index (χ0n) is 26.3. The van der Waals surface area contributed by atoms with Crippen molar-refractivity contribution in [3.63, 3.8) is 0 Å². The van der Waals surface area contributed by atoms with Gasteiger partial charge in [-0.05, 0) is 127 Å². The molecule has 0 aliphatic rings. The van der Waals surface area contributed by atoms with Crippen molar-refractivity contribution >= 4 is 21.5 Å². The van der Waals surface area contributed by atoms with Crippen molar-refractivity contribution in [1.29, 1.82) is 0 Å². The molecule has 0 fully saturated rings. The van der Waals surface area contributed by atoms with E-state index in [4.69, 9.17) is 18.9 Å². The van der Waals surface area contributed by atoms with Gasteiger partial charge in [-0.15, -0.1) is 0 Å². The van der Waals surface area contributed by atoms with E-state index in [2.05, 4.69) is 84.9 Å². The van der Waals surface area contributed by atoms with Crippen LogP contribution in [0.2, 0.25) is 0 Å². The van der Waals surface area contributed by atoms with Gasteiger partial charge in [0.2, 0.25) is 0 Å². The van der Waals surface area contributed by atoms with Crippen molar-refractivity contribution in [2.45, 2.75) is 0 Å². The monoisotopic (exact) mass is 602 g/mol. The molecule has 0 aliphatic carbocycles. The SMILES string of the molecule is COc1ccc(-c2ccc3c(-c4ccc(OC)cc4)c4cc(-c5ccc(OC)cc5)ccc4c(-c4ccc(OC)cc4)c3c2)cc1. The van der Waals surface area contributed by atoms with Gasteiger partial charge in [-0.3, -0.25) is 0 Å². The normalized spacial score (nSPS) is 11.0. The molecular formula is C42H34O4. The van der Waals surface area contributed by atoms with Crippen LogP contribution in [-0.4, -0.2) is 28.4 Å². The molecule has 7 rings (SSSR count). The van der Waals surface area contributed by atoms with Crippen LogP contribution < -0.4 is 18.9 Å². The third-order valence-corrected chi connectivity index (χ3v) is 8.72. The van der Waals surface area contributed by atoms with Crippen LogP contribution in [-0.2, 0) is 0 Å². The molecule has 4 nitrogen and oxygen atoms in total. The van der Waals surface area contributed by atoms with Crippen LogP contribution in [0.5, 0.6) is 23.0 Å². The van der Waals surface area contributed by atoms with Gasteiger partial charge in [0.1, 0.15) is 23.0 Å². The molecule has 0 N–H and O–H groups in total. The van der Waals surface area contributed by atoms with Gasteiger partial charge in [0, 0.05) is 0 Å². The Bertz CT molecular complexity index is 1990. The number of fused-ring (bicyclic) bond motifs is 2. The fourth-order valence-electron chi connectivity index (χ4n) is 6.29. The lowest BCUT2D eigenvalue weighted by Gasteiger charge is -2.20. The van der Waals surface area contributed by atoms with Crippen LogP contribution in [0, 0.1) is 0 Å². The number of hydrogen-bond acceptors (Lipinski definition) is 4. The molecule has 0 amide bonds. The van der Waals surface area contributed by atoms with Gasteiger partial charge in [-0.25, -0.2) is 0 Å². The highest BCUT2D eigenvalue weighted by Gasteiger charge is 2.19. The van der Waals surface area contributed by atoms with Crippen molar-refractivity contribution in [3.8, 4) is 67.5 Å². The maximum atomic E-state index is 5.52. The molecule has 0 radical (unpaired) electrons. The molecule has 226 valence electrons. The van der Waals surface area contributed by atoms with Crippen LogP contribution in [0.3, 0.4) is 0 Å². The van der Waals surface area contributed by atoms with E-state index in [0.717, 1.165) is 56.4 Å². The van der Waals surface area contributed by atoms with Crippen molar-refractivity contribution in [3.05, 3.63) is 133 Å². The Hall–Kier alpha value is -5.74. The first-order valence-electron chi connectivity index (χ1n) is 15.2. The number of ether oxygens (including phenoxy) is 4. The summed E-state index contributed by atoms with van der Waals surface area (Å²) >= 11 is 0. The minimum absolute atomic E-state index is 0.827. The minimum Gasteiger partial charge on any atom is -0.497 e. The Morgan fingerprint density at radius 1 is 0.261 bits per heavy atom. The molecule has 0 bridgehead atoms. The largest absolute Gasteiger partial charge is 0.497 e. The predicted octanol–water partition coefficient (Wildman–Crippen LogP) is 10.7. The molecule has 0 aliphatic heterocycles. The molecule has 0 spiro atoms. The molecular weight excluding hydrogens is 568 g/mol. The van der Waals surface area contributed by atoms with Crippen molar-refractivity contribution < 1.29 is 18.9 Å². The molecule has 7 aromatic rings. The van der Waals surface area contributed by atoms with Crippen LogP contribution >= 0.6 is 0 Å². The minimum atomic E-state index is 0.827. The molecule has 7 aromatic carbocycles. The molecule has 0 atom stereocenters. The van der Waals surface area contributed by atoms with E-state index in [9.17, 15) is 0 Å². The summed E-state index contributed by atoms with van der Waals surface area (Å²) in [5.41, 5.74) is 9.15. The average molecular weight is 603 g/mol. The molecule has 0 heterocycles. The number of benzene rings is 7. The maximum absolute atomic E-state index is 5.52. The third-order valence-electron chi connectivity index (χ3n) is 8.72. The quantitative estimate of drug-likeness (QED) is 0.162. The summed E-state index contributed by atoms with van der Waals surface area (Å²) in [4.78, 5) is 0. The second-order valence-electron chi connectivity index (χ2n) is 11.2. The maximum Gasteiger partial charge on any atom is 0.118 e. The van der Waals surface area contributed by atoms with Crippen LogP contribution in [0.1, 0.15) is 0 Å². The lowest BCUT2D eigenvalue weighted by Crippen LogP contribution is -1.93. The van der Waals surface area contributed by atoms with Gasteiger partial charge in [-0.2, -0.15) is 0 Å². The Balaban J connectivity index is 1.57. The molecule has 4 heteroatoms. The van der Waals surface area contributed by atoms with E-state index in [0.29, 0.717) is 0 Å². The predicted molar refractivity (Wildman–Crippen MR) is 189 cm³/mol. The van der Waals surface area contributed by atoms with Gasteiger partial charge in [0.15, 0.2) is 0 Å². The standard InChI is InChI=1S/C42H34O4/c1-43-33-15-5-27(6-16-33)31-13-23-37-39(25-31)41(29-9-19-35(45-3)20-10-29)38-24-14-32(28-7-17-34(44-2)18-8-28)26-40(38)42(37)30-11-21-36(46-4)22-12-30/h5-26H,1-4H3. The first-order valence-corrected chi connectivity index (χ1v) is 15.2. The molecule has 46 heavy (non-hydrogen) atoms. The lowest BCUT2D eigenvalue weighted by molar-refractivity contribution is 0.415. The van der Waals surface area contributed by atoms with Crippen LogP contribution in [0.15, 0.2) is 133 Å². The van der Waals surface area contributed by atoms with E-state index in [1.807, 2.05) is 48.5 Å². The van der Waals surface area contributed by atoms with Crippen LogP contribution in [0.25, 0.3) is 66.1 Å². The summed E-state index contributed by atoms with van der Waals surface area (Å²) in [5, 5.41) is 4.70.